The van der Waals surface area contributed by atoms with Crippen LogP contribution in [0.3, 0.4) is 0 Å². The number of amides is 2. The van der Waals surface area contributed by atoms with Crippen LogP contribution in [0.15, 0.2) is 48.5 Å². The maximum Gasteiger partial charge on any atom is 0.251 e. The van der Waals surface area contributed by atoms with Gasteiger partial charge in [-0.2, -0.15) is 0 Å². The second-order valence-corrected chi connectivity index (χ2v) is 7.54. The Morgan fingerprint density at radius 3 is 2.11 bits per heavy atom. The molecule has 2 heterocycles. The Kier molecular flexibility index (Phi) is 5.35. The molecule has 0 spiro atoms. The molecular weight excluding hydrogens is 380 g/mol. The van der Waals surface area contributed by atoms with Gasteiger partial charge >= 0.3 is 0 Å². The highest BCUT2D eigenvalue weighted by atomic mass is 35.5. The topological polar surface area (TPSA) is 70.1 Å². The van der Waals surface area contributed by atoms with Gasteiger partial charge in [-0.1, -0.05) is 11.6 Å². The highest BCUT2D eigenvalue weighted by Gasteiger charge is 2.43. The summed E-state index contributed by atoms with van der Waals surface area (Å²) >= 11 is 5.87. The van der Waals surface area contributed by atoms with Crippen molar-refractivity contribution in [2.75, 3.05) is 18.0 Å². The SMILES string of the molecule is O=C1C[C@@H](N2CCC(O)CC2)C(=O)N1c1ccc(Oc2ccc(Cl)cc2)cc1. The lowest BCUT2D eigenvalue weighted by Gasteiger charge is -2.32. The summed E-state index contributed by atoms with van der Waals surface area (Å²) in [4.78, 5) is 28.6. The average Bonchev–Trinajstić information content (AvgIpc) is 2.99. The van der Waals surface area contributed by atoms with Crippen LogP contribution in [-0.4, -0.2) is 47.1 Å². The third-order valence-electron chi connectivity index (χ3n) is 5.21. The summed E-state index contributed by atoms with van der Waals surface area (Å²) in [7, 11) is 0. The molecule has 146 valence electrons. The molecule has 2 amide bonds. The van der Waals surface area contributed by atoms with Crippen molar-refractivity contribution in [3.63, 3.8) is 0 Å². The van der Waals surface area contributed by atoms with Crippen LogP contribution >= 0.6 is 11.6 Å². The number of carbonyl (C=O) groups excluding carboxylic acids is 2. The summed E-state index contributed by atoms with van der Waals surface area (Å²) in [5.41, 5.74) is 0.540. The van der Waals surface area contributed by atoms with E-state index in [4.69, 9.17) is 16.3 Å². The minimum Gasteiger partial charge on any atom is -0.457 e. The van der Waals surface area contributed by atoms with E-state index in [1.54, 1.807) is 48.5 Å². The van der Waals surface area contributed by atoms with Gasteiger partial charge in [0.15, 0.2) is 0 Å². The predicted octanol–water partition coefficient (Wildman–Crippen LogP) is 3.22. The number of aliphatic hydroxyl groups is 1. The van der Waals surface area contributed by atoms with Crippen LogP contribution in [0, 0.1) is 0 Å². The van der Waals surface area contributed by atoms with E-state index in [9.17, 15) is 14.7 Å². The van der Waals surface area contributed by atoms with Gasteiger partial charge in [0.1, 0.15) is 11.5 Å². The van der Waals surface area contributed by atoms with E-state index in [1.165, 1.54) is 4.90 Å². The third-order valence-corrected chi connectivity index (χ3v) is 5.46. The van der Waals surface area contributed by atoms with E-state index >= 15 is 0 Å². The summed E-state index contributed by atoms with van der Waals surface area (Å²) in [5, 5.41) is 10.3. The molecule has 0 bridgehead atoms. The van der Waals surface area contributed by atoms with E-state index in [0.29, 0.717) is 48.1 Å². The minimum atomic E-state index is -0.440. The average molecular weight is 401 g/mol. The van der Waals surface area contributed by atoms with Gasteiger partial charge in [-0.3, -0.25) is 14.5 Å². The number of hydrogen-bond donors (Lipinski definition) is 1. The maximum atomic E-state index is 12.9. The quantitative estimate of drug-likeness (QED) is 0.798. The number of benzene rings is 2. The highest BCUT2D eigenvalue weighted by Crippen LogP contribution is 2.30. The summed E-state index contributed by atoms with van der Waals surface area (Å²) in [6.07, 6.45) is 1.13. The van der Waals surface area contributed by atoms with Gasteiger partial charge < -0.3 is 9.84 Å². The van der Waals surface area contributed by atoms with Crippen LogP contribution in [-0.2, 0) is 9.59 Å². The number of likely N-dealkylation sites (tertiary alicyclic amines) is 1. The predicted molar refractivity (Wildman–Crippen MR) is 106 cm³/mol. The molecule has 2 aromatic carbocycles. The van der Waals surface area contributed by atoms with E-state index in [0.717, 1.165) is 0 Å². The lowest BCUT2D eigenvalue weighted by Crippen LogP contribution is -2.46. The first kappa shape index (κ1) is 18.9. The number of rotatable bonds is 4. The normalized spacial score (nSPS) is 21.4. The van der Waals surface area contributed by atoms with E-state index in [2.05, 4.69) is 0 Å². The number of carbonyl (C=O) groups is 2. The van der Waals surface area contributed by atoms with Crippen LogP contribution in [0.25, 0.3) is 0 Å². The summed E-state index contributed by atoms with van der Waals surface area (Å²) in [6.45, 7) is 1.26. The Morgan fingerprint density at radius 1 is 0.929 bits per heavy atom. The number of ether oxygens (including phenoxy) is 1. The smallest absolute Gasteiger partial charge is 0.251 e. The largest absolute Gasteiger partial charge is 0.457 e. The first-order valence-electron chi connectivity index (χ1n) is 9.33. The first-order valence-corrected chi connectivity index (χ1v) is 9.71. The molecule has 6 nitrogen and oxygen atoms in total. The Hall–Kier alpha value is -2.41. The molecule has 2 saturated heterocycles. The maximum absolute atomic E-state index is 12.9. The molecule has 28 heavy (non-hydrogen) atoms. The van der Waals surface area contributed by atoms with Gasteiger partial charge in [-0.05, 0) is 61.4 Å². The summed E-state index contributed by atoms with van der Waals surface area (Å²) in [5.74, 6) is 0.852. The van der Waals surface area contributed by atoms with Crippen LogP contribution < -0.4 is 9.64 Å². The van der Waals surface area contributed by atoms with Gasteiger partial charge in [-0.25, -0.2) is 4.90 Å². The van der Waals surface area contributed by atoms with Crippen molar-refractivity contribution < 1.29 is 19.4 Å². The molecule has 1 N–H and O–H groups in total. The Morgan fingerprint density at radius 2 is 1.50 bits per heavy atom. The van der Waals surface area contributed by atoms with Crippen molar-refractivity contribution >= 4 is 29.1 Å². The van der Waals surface area contributed by atoms with Crippen LogP contribution in [0.4, 0.5) is 5.69 Å². The van der Waals surface area contributed by atoms with Crippen molar-refractivity contribution in [3.8, 4) is 11.5 Å². The Balaban J connectivity index is 1.45. The van der Waals surface area contributed by atoms with Gasteiger partial charge in [0.05, 0.1) is 24.3 Å². The molecule has 7 heteroatoms. The number of anilines is 1. The van der Waals surface area contributed by atoms with Gasteiger partial charge in [0.2, 0.25) is 5.91 Å². The molecule has 2 aliphatic heterocycles. The lowest BCUT2D eigenvalue weighted by atomic mass is 10.1. The van der Waals surface area contributed by atoms with E-state index in [-0.39, 0.29) is 24.3 Å². The molecule has 0 unspecified atom stereocenters. The summed E-state index contributed by atoms with van der Waals surface area (Å²) < 4.78 is 5.75. The van der Waals surface area contributed by atoms with Crippen LogP contribution in [0.5, 0.6) is 11.5 Å². The number of piperidine rings is 1. The number of hydrogen-bond acceptors (Lipinski definition) is 5. The molecule has 0 aromatic heterocycles. The Bertz CT molecular complexity index is 861. The highest BCUT2D eigenvalue weighted by molar-refractivity contribution is 6.30. The van der Waals surface area contributed by atoms with Crippen LogP contribution in [0.1, 0.15) is 19.3 Å². The second kappa shape index (κ2) is 7.91. The molecule has 1 atom stereocenters. The third kappa shape index (κ3) is 3.90. The molecule has 2 aromatic rings. The molecule has 0 radical (unpaired) electrons. The van der Waals surface area contributed by atoms with Crippen molar-refractivity contribution in [1.82, 2.24) is 4.90 Å². The number of halogens is 1. The lowest BCUT2D eigenvalue weighted by molar-refractivity contribution is -0.123. The molecular formula is C21H21ClN2O4. The number of aliphatic hydroxyl groups excluding tert-OH is 1. The van der Waals surface area contributed by atoms with Crippen molar-refractivity contribution in [3.05, 3.63) is 53.6 Å². The van der Waals surface area contributed by atoms with Gasteiger partial charge in [-0.15, -0.1) is 0 Å². The fourth-order valence-electron chi connectivity index (χ4n) is 3.67. The summed E-state index contributed by atoms with van der Waals surface area (Å²) in [6, 6.07) is 13.5. The fraction of sp³-hybridized carbons (Fsp3) is 0.333. The minimum absolute atomic E-state index is 0.179. The second-order valence-electron chi connectivity index (χ2n) is 7.10. The first-order chi connectivity index (χ1) is 13.5. The van der Waals surface area contributed by atoms with E-state index < -0.39 is 6.04 Å². The molecule has 0 saturated carbocycles. The van der Waals surface area contributed by atoms with E-state index in [1.807, 2.05) is 4.90 Å². The van der Waals surface area contributed by atoms with Gasteiger partial charge in [0, 0.05) is 18.1 Å². The zero-order valence-corrected chi connectivity index (χ0v) is 16.0. The number of imide groups is 1. The fourth-order valence-corrected chi connectivity index (χ4v) is 3.80. The number of nitrogens with zero attached hydrogens (tertiary/aromatic N) is 2. The zero-order chi connectivity index (χ0) is 19.7. The zero-order valence-electron chi connectivity index (χ0n) is 15.3. The van der Waals surface area contributed by atoms with Crippen molar-refractivity contribution in [2.24, 2.45) is 0 Å². The van der Waals surface area contributed by atoms with Crippen molar-refractivity contribution in [2.45, 2.75) is 31.4 Å². The molecule has 0 aliphatic carbocycles. The van der Waals surface area contributed by atoms with Gasteiger partial charge in [0.25, 0.3) is 5.91 Å². The van der Waals surface area contributed by atoms with Crippen LogP contribution in [0.2, 0.25) is 5.02 Å². The standard InChI is InChI=1S/C21H21ClN2O4/c22-14-1-5-17(6-2-14)28-18-7-3-15(4-8-18)24-20(26)13-19(21(24)27)23-11-9-16(25)10-12-23/h1-8,16,19,25H,9-13H2/t19-/m1/s1. The van der Waals surface area contributed by atoms with Crippen molar-refractivity contribution in [1.29, 1.82) is 0 Å². The molecule has 2 aliphatic rings. The molecule has 2 fully saturated rings. The molecule has 4 rings (SSSR count). The monoisotopic (exact) mass is 400 g/mol. The Labute approximate surface area is 168 Å².